The summed E-state index contributed by atoms with van der Waals surface area (Å²) in [5, 5.41) is 4.30. The Hall–Kier alpha value is -1.68. The summed E-state index contributed by atoms with van der Waals surface area (Å²) in [5.74, 6) is 0. The molecule has 0 amide bonds. The molecule has 0 saturated heterocycles. The molecule has 0 spiro atoms. The average Bonchev–Trinajstić information content (AvgIpc) is 2.78. The van der Waals surface area contributed by atoms with Gasteiger partial charge in [-0.3, -0.25) is 9.67 Å². The summed E-state index contributed by atoms with van der Waals surface area (Å²) in [7, 11) is 0. The molecule has 2 N–H and O–H groups in total. The van der Waals surface area contributed by atoms with E-state index in [0.29, 0.717) is 0 Å². The minimum Gasteiger partial charge on any atom is -0.319 e. The van der Waals surface area contributed by atoms with Gasteiger partial charge in [0.15, 0.2) is 0 Å². The third-order valence-electron chi connectivity index (χ3n) is 2.89. The van der Waals surface area contributed by atoms with Crippen LogP contribution in [0.25, 0.3) is 0 Å². The van der Waals surface area contributed by atoms with E-state index in [1.165, 1.54) is 0 Å². The molecule has 0 saturated carbocycles. The van der Waals surface area contributed by atoms with Crippen LogP contribution in [0.1, 0.15) is 36.3 Å². The molecule has 4 nitrogen and oxygen atoms in total. The molecule has 90 valence electrons. The van der Waals surface area contributed by atoms with Gasteiger partial charge in [-0.15, -0.1) is 0 Å². The highest BCUT2D eigenvalue weighted by Crippen LogP contribution is 2.21. The van der Waals surface area contributed by atoms with Crippen LogP contribution in [0.15, 0.2) is 30.6 Å². The molecular formula is C13H18N4. The number of rotatable bonds is 4. The molecule has 17 heavy (non-hydrogen) atoms. The first kappa shape index (κ1) is 11.8. The van der Waals surface area contributed by atoms with Gasteiger partial charge in [-0.1, -0.05) is 13.0 Å². The number of nitrogens with two attached hydrogens (primary N) is 1. The summed E-state index contributed by atoms with van der Waals surface area (Å²) in [5.41, 5.74) is 9.37. The Labute approximate surface area is 101 Å². The molecule has 1 unspecified atom stereocenters. The summed E-state index contributed by atoms with van der Waals surface area (Å²) in [4.78, 5) is 4.28. The predicted molar refractivity (Wildman–Crippen MR) is 67.5 cm³/mol. The normalized spacial score (nSPS) is 12.6. The maximum atomic E-state index is 6.29. The Morgan fingerprint density at radius 1 is 1.35 bits per heavy atom. The van der Waals surface area contributed by atoms with Crippen molar-refractivity contribution in [2.24, 2.45) is 5.73 Å². The van der Waals surface area contributed by atoms with Gasteiger partial charge in [0, 0.05) is 24.6 Å². The van der Waals surface area contributed by atoms with Crippen molar-refractivity contribution in [3.8, 4) is 0 Å². The first-order valence-electron chi connectivity index (χ1n) is 5.92. The molecule has 2 aromatic rings. The molecule has 0 aliphatic carbocycles. The van der Waals surface area contributed by atoms with Crippen molar-refractivity contribution in [2.45, 2.75) is 32.9 Å². The van der Waals surface area contributed by atoms with Crippen LogP contribution >= 0.6 is 0 Å². The minimum absolute atomic E-state index is 0.155. The molecule has 1 atom stereocenters. The summed E-state index contributed by atoms with van der Waals surface area (Å²) in [6.45, 7) is 5.01. The standard InChI is InChI=1S/C13H18N4/c1-3-9-17-12(6-8-16-17)13(14)11-5-4-7-15-10(11)2/h4-8,13H,3,9,14H2,1-2H3. The molecule has 4 heteroatoms. The summed E-state index contributed by atoms with van der Waals surface area (Å²) >= 11 is 0. The Balaban J connectivity index is 2.34. The average molecular weight is 230 g/mol. The molecule has 0 fully saturated rings. The van der Waals surface area contributed by atoms with Crippen LogP contribution < -0.4 is 5.73 Å². The molecule has 2 aromatic heterocycles. The van der Waals surface area contributed by atoms with Crippen LogP contribution in [0.2, 0.25) is 0 Å². The second-order valence-corrected chi connectivity index (χ2v) is 4.13. The number of aromatic nitrogens is 3. The second-order valence-electron chi connectivity index (χ2n) is 4.13. The number of hydrogen-bond donors (Lipinski definition) is 1. The SMILES string of the molecule is CCCn1nccc1C(N)c1cccnc1C. The zero-order valence-corrected chi connectivity index (χ0v) is 10.3. The van der Waals surface area contributed by atoms with Gasteiger partial charge in [-0.25, -0.2) is 0 Å². The first-order valence-corrected chi connectivity index (χ1v) is 5.92. The molecule has 0 aromatic carbocycles. The third kappa shape index (κ3) is 2.36. The van der Waals surface area contributed by atoms with E-state index in [4.69, 9.17) is 5.73 Å². The van der Waals surface area contributed by atoms with Crippen LogP contribution in [0.3, 0.4) is 0 Å². The van der Waals surface area contributed by atoms with E-state index >= 15 is 0 Å². The van der Waals surface area contributed by atoms with E-state index in [9.17, 15) is 0 Å². The molecule has 2 heterocycles. The predicted octanol–water partition coefficient (Wildman–Crippen LogP) is 2.04. The second kappa shape index (κ2) is 5.10. The van der Waals surface area contributed by atoms with Crippen molar-refractivity contribution in [2.75, 3.05) is 0 Å². The third-order valence-corrected chi connectivity index (χ3v) is 2.89. The van der Waals surface area contributed by atoms with Gasteiger partial charge in [0.05, 0.1) is 11.7 Å². The summed E-state index contributed by atoms with van der Waals surface area (Å²) in [6, 6.07) is 5.77. The van der Waals surface area contributed by atoms with Crippen LogP contribution in [0, 0.1) is 6.92 Å². The molecular weight excluding hydrogens is 212 g/mol. The van der Waals surface area contributed by atoms with E-state index in [1.807, 2.05) is 29.8 Å². The van der Waals surface area contributed by atoms with Crippen molar-refractivity contribution >= 4 is 0 Å². The van der Waals surface area contributed by atoms with Crippen molar-refractivity contribution in [3.63, 3.8) is 0 Å². The molecule has 2 rings (SSSR count). The van der Waals surface area contributed by atoms with Gasteiger partial charge < -0.3 is 5.73 Å². The minimum atomic E-state index is -0.155. The molecule has 0 aliphatic heterocycles. The van der Waals surface area contributed by atoms with E-state index in [1.54, 1.807) is 12.4 Å². The zero-order chi connectivity index (χ0) is 12.3. The number of pyridine rings is 1. The maximum Gasteiger partial charge on any atom is 0.0740 e. The molecule has 0 radical (unpaired) electrons. The Kier molecular flexibility index (Phi) is 3.54. The quantitative estimate of drug-likeness (QED) is 0.874. The van der Waals surface area contributed by atoms with Crippen molar-refractivity contribution < 1.29 is 0 Å². The molecule has 0 bridgehead atoms. The lowest BCUT2D eigenvalue weighted by atomic mass is 10.0. The highest BCUT2D eigenvalue weighted by atomic mass is 15.3. The van der Waals surface area contributed by atoms with Crippen molar-refractivity contribution in [1.82, 2.24) is 14.8 Å². The van der Waals surface area contributed by atoms with Gasteiger partial charge >= 0.3 is 0 Å². The largest absolute Gasteiger partial charge is 0.319 e. The van der Waals surface area contributed by atoms with Crippen LogP contribution in [-0.4, -0.2) is 14.8 Å². The topological polar surface area (TPSA) is 56.7 Å². The van der Waals surface area contributed by atoms with Gasteiger partial charge in [-0.05, 0) is 31.0 Å². The smallest absolute Gasteiger partial charge is 0.0740 e. The summed E-state index contributed by atoms with van der Waals surface area (Å²) in [6.07, 6.45) is 4.64. The fourth-order valence-corrected chi connectivity index (χ4v) is 1.99. The van der Waals surface area contributed by atoms with Crippen molar-refractivity contribution in [1.29, 1.82) is 0 Å². The van der Waals surface area contributed by atoms with Crippen LogP contribution in [0.5, 0.6) is 0 Å². The van der Waals surface area contributed by atoms with Gasteiger partial charge in [-0.2, -0.15) is 5.10 Å². The van der Waals surface area contributed by atoms with Gasteiger partial charge in [0.25, 0.3) is 0 Å². The van der Waals surface area contributed by atoms with E-state index in [-0.39, 0.29) is 6.04 Å². The van der Waals surface area contributed by atoms with Crippen molar-refractivity contribution in [3.05, 3.63) is 47.5 Å². The number of nitrogens with zero attached hydrogens (tertiary/aromatic N) is 3. The Morgan fingerprint density at radius 2 is 2.18 bits per heavy atom. The lowest BCUT2D eigenvalue weighted by Crippen LogP contribution is -2.18. The number of hydrogen-bond acceptors (Lipinski definition) is 3. The van der Waals surface area contributed by atoms with E-state index in [2.05, 4.69) is 17.0 Å². The van der Waals surface area contributed by atoms with E-state index < -0.39 is 0 Å². The van der Waals surface area contributed by atoms with Crippen LogP contribution in [0.4, 0.5) is 0 Å². The lowest BCUT2D eigenvalue weighted by molar-refractivity contribution is 0.559. The number of aryl methyl sites for hydroxylation is 2. The maximum absolute atomic E-state index is 6.29. The zero-order valence-electron chi connectivity index (χ0n) is 10.3. The highest BCUT2D eigenvalue weighted by molar-refractivity contribution is 5.29. The Bertz CT molecular complexity index is 490. The fraction of sp³-hybridized carbons (Fsp3) is 0.385. The first-order chi connectivity index (χ1) is 8.24. The van der Waals surface area contributed by atoms with Gasteiger partial charge in [0.1, 0.15) is 0 Å². The van der Waals surface area contributed by atoms with Crippen LogP contribution in [-0.2, 0) is 6.54 Å². The lowest BCUT2D eigenvalue weighted by Gasteiger charge is -2.15. The fourth-order valence-electron chi connectivity index (χ4n) is 1.99. The summed E-state index contributed by atoms with van der Waals surface area (Å²) < 4.78 is 1.97. The highest BCUT2D eigenvalue weighted by Gasteiger charge is 2.15. The molecule has 0 aliphatic rings. The van der Waals surface area contributed by atoms with E-state index in [0.717, 1.165) is 29.9 Å². The monoisotopic (exact) mass is 230 g/mol. The Morgan fingerprint density at radius 3 is 2.88 bits per heavy atom. The van der Waals surface area contributed by atoms with Gasteiger partial charge in [0.2, 0.25) is 0 Å².